The molecule has 0 aliphatic rings. The Morgan fingerprint density at radius 2 is 2.23 bits per heavy atom. The van der Waals surface area contributed by atoms with Gasteiger partial charge >= 0.3 is 0 Å². The number of carbonyl (C=O) groups is 1. The van der Waals surface area contributed by atoms with Crippen molar-refractivity contribution in [2.24, 2.45) is 0 Å². The maximum atomic E-state index is 11.7. The largest absolute Gasteiger partial charge is 0.506 e. The molecule has 9 nitrogen and oxygen atoms in total. The fraction of sp³-hybridized carbons (Fsp3) is 0.0833. The van der Waals surface area contributed by atoms with Crippen molar-refractivity contribution >= 4 is 29.0 Å². The highest BCUT2D eigenvalue weighted by Crippen LogP contribution is 2.28. The van der Waals surface area contributed by atoms with E-state index in [-0.39, 0.29) is 27.8 Å². The lowest BCUT2D eigenvalue weighted by molar-refractivity contribution is -0.384. The van der Waals surface area contributed by atoms with Crippen LogP contribution in [0.4, 0.5) is 11.4 Å². The SMILES string of the molecule is O=C(CSc1nccc(=O)[nH]1)Nc1ccc([N+](=O)[O-])cc1O. The van der Waals surface area contributed by atoms with E-state index in [0.29, 0.717) is 0 Å². The minimum atomic E-state index is -0.654. The highest BCUT2D eigenvalue weighted by Gasteiger charge is 2.12. The summed E-state index contributed by atoms with van der Waals surface area (Å²) in [5.41, 5.74) is -0.549. The summed E-state index contributed by atoms with van der Waals surface area (Å²) in [7, 11) is 0. The van der Waals surface area contributed by atoms with Crippen molar-refractivity contribution < 1.29 is 14.8 Å². The van der Waals surface area contributed by atoms with E-state index in [9.17, 15) is 24.8 Å². The molecular weight excluding hydrogens is 312 g/mol. The summed E-state index contributed by atoms with van der Waals surface area (Å²) in [5.74, 6) is -0.914. The van der Waals surface area contributed by atoms with Gasteiger partial charge in [-0.05, 0) is 6.07 Å². The summed E-state index contributed by atoms with van der Waals surface area (Å²) in [6.45, 7) is 0. The molecule has 0 radical (unpaired) electrons. The molecule has 1 aromatic heterocycles. The van der Waals surface area contributed by atoms with Crippen molar-refractivity contribution in [2.75, 3.05) is 11.1 Å². The lowest BCUT2D eigenvalue weighted by Crippen LogP contribution is -2.15. The summed E-state index contributed by atoms with van der Waals surface area (Å²) in [5, 5.41) is 22.9. The van der Waals surface area contributed by atoms with E-state index in [2.05, 4.69) is 15.3 Å². The van der Waals surface area contributed by atoms with Crippen molar-refractivity contribution in [1.82, 2.24) is 9.97 Å². The van der Waals surface area contributed by atoms with Crippen LogP contribution >= 0.6 is 11.8 Å². The molecule has 0 fully saturated rings. The number of aromatic hydroxyl groups is 1. The number of amides is 1. The smallest absolute Gasteiger partial charge is 0.273 e. The van der Waals surface area contributed by atoms with E-state index in [1.165, 1.54) is 24.4 Å². The van der Waals surface area contributed by atoms with Crippen molar-refractivity contribution in [3.8, 4) is 5.75 Å². The Morgan fingerprint density at radius 3 is 2.86 bits per heavy atom. The second-order valence-corrected chi connectivity index (χ2v) is 5.00. The fourth-order valence-corrected chi connectivity index (χ4v) is 2.13. The number of hydrogen-bond acceptors (Lipinski definition) is 7. The number of aromatic amines is 1. The number of nitro groups is 1. The zero-order valence-electron chi connectivity index (χ0n) is 11.0. The van der Waals surface area contributed by atoms with Gasteiger partial charge in [-0.2, -0.15) is 0 Å². The Labute approximate surface area is 127 Å². The number of benzene rings is 1. The average Bonchev–Trinajstić information content (AvgIpc) is 2.47. The number of hydrogen-bond donors (Lipinski definition) is 3. The second-order valence-electron chi connectivity index (χ2n) is 4.03. The Balaban J connectivity index is 1.97. The van der Waals surface area contributed by atoms with E-state index < -0.39 is 16.6 Å². The molecule has 2 rings (SSSR count). The number of nitrogens with zero attached hydrogens (tertiary/aromatic N) is 2. The van der Waals surface area contributed by atoms with Gasteiger partial charge in [-0.25, -0.2) is 4.98 Å². The number of thioether (sulfide) groups is 1. The van der Waals surface area contributed by atoms with Crippen LogP contribution in [0.5, 0.6) is 5.75 Å². The van der Waals surface area contributed by atoms with Gasteiger partial charge in [-0.1, -0.05) is 11.8 Å². The number of carbonyl (C=O) groups excluding carboxylic acids is 1. The molecule has 1 amide bonds. The monoisotopic (exact) mass is 322 g/mol. The number of phenolic OH excluding ortho intramolecular Hbond substituents is 1. The summed E-state index contributed by atoms with van der Waals surface area (Å²) in [4.78, 5) is 39.0. The number of non-ortho nitro benzene ring substituents is 1. The van der Waals surface area contributed by atoms with E-state index >= 15 is 0 Å². The maximum absolute atomic E-state index is 11.7. The predicted octanol–water partition coefficient (Wildman–Crippen LogP) is 1.11. The third kappa shape index (κ3) is 4.06. The number of anilines is 1. The molecule has 2 aromatic rings. The van der Waals surface area contributed by atoms with Crippen molar-refractivity contribution in [1.29, 1.82) is 0 Å². The van der Waals surface area contributed by atoms with Crippen molar-refractivity contribution in [2.45, 2.75) is 5.16 Å². The van der Waals surface area contributed by atoms with Crippen LogP contribution in [0, 0.1) is 10.1 Å². The Hall–Kier alpha value is -2.88. The molecule has 0 saturated carbocycles. The quantitative estimate of drug-likeness (QED) is 0.246. The molecule has 0 spiro atoms. The topological polar surface area (TPSA) is 138 Å². The van der Waals surface area contributed by atoms with Gasteiger partial charge in [0.15, 0.2) is 5.16 Å². The van der Waals surface area contributed by atoms with Crippen LogP contribution in [0.3, 0.4) is 0 Å². The number of nitrogens with one attached hydrogen (secondary N) is 2. The standard InChI is InChI=1S/C12H10N4O5S/c17-9-5-7(16(20)21)1-2-8(9)14-11(19)6-22-12-13-4-3-10(18)15-12/h1-5,17H,6H2,(H,14,19)(H,13,15,18). The summed E-state index contributed by atoms with van der Waals surface area (Å²) >= 11 is 1.01. The zero-order chi connectivity index (χ0) is 16.1. The van der Waals surface area contributed by atoms with E-state index in [0.717, 1.165) is 17.8 Å². The second kappa shape index (κ2) is 6.72. The molecule has 0 bridgehead atoms. The average molecular weight is 322 g/mol. The highest BCUT2D eigenvalue weighted by atomic mass is 32.2. The van der Waals surface area contributed by atoms with Crippen LogP contribution in [-0.2, 0) is 4.79 Å². The lowest BCUT2D eigenvalue weighted by atomic mass is 10.2. The van der Waals surface area contributed by atoms with Crippen LogP contribution in [0.1, 0.15) is 0 Å². The van der Waals surface area contributed by atoms with E-state index in [1.807, 2.05) is 0 Å². The highest BCUT2D eigenvalue weighted by molar-refractivity contribution is 7.99. The van der Waals surface area contributed by atoms with Crippen LogP contribution < -0.4 is 10.9 Å². The van der Waals surface area contributed by atoms with Crippen LogP contribution in [-0.4, -0.2) is 31.7 Å². The molecule has 22 heavy (non-hydrogen) atoms. The number of phenols is 1. The molecule has 0 saturated heterocycles. The normalized spacial score (nSPS) is 10.2. The van der Waals surface area contributed by atoms with Gasteiger partial charge in [0.2, 0.25) is 5.91 Å². The molecule has 0 aliphatic carbocycles. The Bertz CT molecular complexity index is 776. The fourth-order valence-electron chi connectivity index (χ4n) is 1.48. The molecule has 0 atom stereocenters. The molecule has 10 heteroatoms. The van der Waals surface area contributed by atoms with Gasteiger partial charge in [0.1, 0.15) is 5.75 Å². The third-order valence-electron chi connectivity index (χ3n) is 2.45. The lowest BCUT2D eigenvalue weighted by Gasteiger charge is -2.06. The first-order chi connectivity index (χ1) is 10.5. The minimum absolute atomic E-state index is 0.0522. The maximum Gasteiger partial charge on any atom is 0.273 e. The van der Waals surface area contributed by atoms with E-state index in [4.69, 9.17) is 0 Å². The molecule has 0 aliphatic heterocycles. The Morgan fingerprint density at radius 1 is 1.45 bits per heavy atom. The minimum Gasteiger partial charge on any atom is -0.506 e. The number of H-pyrrole nitrogens is 1. The van der Waals surface area contributed by atoms with Crippen molar-refractivity contribution in [3.05, 3.63) is 50.9 Å². The van der Waals surface area contributed by atoms with Crippen LogP contribution in [0.2, 0.25) is 0 Å². The van der Waals surface area contributed by atoms with Gasteiger partial charge in [0.25, 0.3) is 11.2 Å². The van der Waals surface area contributed by atoms with E-state index in [1.54, 1.807) is 0 Å². The molecular formula is C12H10N4O5S. The molecule has 1 aromatic carbocycles. The number of rotatable bonds is 5. The summed E-state index contributed by atoms with van der Waals surface area (Å²) in [6.07, 6.45) is 1.32. The van der Waals surface area contributed by atoms with Crippen LogP contribution in [0.15, 0.2) is 40.4 Å². The molecule has 114 valence electrons. The van der Waals surface area contributed by atoms with Crippen LogP contribution in [0.25, 0.3) is 0 Å². The zero-order valence-corrected chi connectivity index (χ0v) is 11.8. The predicted molar refractivity (Wildman–Crippen MR) is 79.0 cm³/mol. The Kier molecular flexibility index (Phi) is 4.73. The van der Waals surface area contributed by atoms with Gasteiger partial charge in [-0.15, -0.1) is 0 Å². The van der Waals surface area contributed by atoms with Gasteiger partial charge in [0, 0.05) is 18.3 Å². The number of nitro benzene ring substituents is 1. The van der Waals surface area contributed by atoms with Crippen molar-refractivity contribution in [3.63, 3.8) is 0 Å². The summed E-state index contributed by atoms with van der Waals surface area (Å²) in [6, 6.07) is 4.59. The number of aromatic nitrogens is 2. The van der Waals surface area contributed by atoms with Gasteiger partial charge in [0.05, 0.1) is 22.4 Å². The third-order valence-corrected chi connectivity index (χ3v) is 3.34. The van der Waals surface area contributed by atoms with Gasteiger partial charge in [-0.3, -0.25) is 19.7 Å². The molecule has 0 unspecified atom stereocenters. The first-order valence-corrected chi connectivity index (χ1v) is 6.89. The first-order valence-electron chi connectivity index (χ1n) is 5.91. The first kappa shape index (κ1) is 15.5. The molecule has 3 N–H and O–H groups in total. The molecule has 1 heterocycles. The van der Waals surface area contributed by atoms with Gasteiger partial charge < -0.3 is 15.4 Å². The summed E-state index contributed by atoms with van der Waals surface area (Å²) < 4.78 is 0.